The number of rotatable bonds is 4. The van der Waals surface area contributed by atoms with E-state index in [9.17, 15) is 8.42 Å². The van der Waals surface area contributed by atoms with Gasteiger partial charge in [0.1, 0.15) is 4.90 Å². The van der Waals surface area contributed by atoms with E-state index >= 15 is 0 Å². The largest absolute Gasteiger partial charge is 0.381 e. The summed E-state index contributed by atoms with van der Waals surface area (Å²) >= 11 is 1.47. The molecule has 0 amide bonds. The summed E-state index contributed by atoms with van der Waals surface area (Å²) in [5, 5.41) is 7.03. The van der Waals surface area contributed by atoms with E-state index in [1.165, 1.54) is 11.3 Å². The molecule has 0 radical (unpaired) electrons. The van der Waals surface area contributed by atoms with Crippen molar-refractivity contribution in [2.24, 2.45) is 0 Å². The molecule has 1 aliphatic heterocycles. The molecular formula is C14H19N3O3S2. The fourth-order valence-electron chi connectivity index (χ4n) is 2.67. The molecule has 3 heterocycles. The van der Waals surface area contributed by atoms with Crippen LogP contribution < -0.4 is 4.72 Å². The van der Waals surface area contributed by atoms with E-state index in [4.69, 9.17) is 4.74 Å². The number of thiophene rings is 1. The molecule has 0 atom stereocenters. The van der Waals surface area contributed by atoms with Crippen LogP contribution in [0.2, 0.25) is 0 Å². The zero-order valence-corrected chi connectivity index (χ0v) is 14.2. The molecule has 0 saturated carbocycles. The van der Waals surface area contributed by atoms with Gasteiger partial charge in [0.25, 0.3) is 10.0 Å². The highest BCUT2D eigenvalue weighted by molar-refractivity contribution is 7.93. The van der Waals surface area contributed by atoms with Crippen LogP contribution in [0.3, 0.4) is 0 Å². The van der Waals surface area contributed by atoms with E-state index in [0.717, 1.165) is 41.5 Å². The van der Waals surface area contributed by atoms with Crippen molar-refractivity contribution in [1.29, 1.82) is 0 Å². The van der Waals surface area contributed by atoms with Crippen molar-refractivity contribution >= 4 is 27.2 Å². The number of aromatic amines is 1. The minimum Gasteiger partial charge on any atom is -0.381 e. The molecule has 1 saturated heterocycles. The van der Waals surface area contributed by atoms with E-state index in [-0.39, 0.29) is 0 Å². The lowest BCUT2D eigenvalue weighted by molar-refractivity contribution is 0.0845. The molecule has 2 aromatic rings. The summed E-state index contributed by atoms with van der Waals surface area (Å²) in [7, 11) is -3.59. The van der Waals surface area contributed by atoms with Gasteiger partial charge in [-0.1, -0.05) is 0 Å². The van der Waals surface area contributed by atoms with Crippen molar-refractivity contribution in [3.63, 3.8) is 0 Å². The second-order valence-corrected chi connectivity index (χ2v) is 8.59. The van der Waals surface area contributed by atoms with Crippen molar-refractivity contribution in [2.75, 3.05) is 17.9 Å². The maximum Gasteiger partial charge on any atom is 0.264 e. The topological polar surface area (TPSA) is 84.1 Å². The number of hydrogen-bond acceptors (Lipinski definition) is 5. The number of nitrogens with one attached hydrogen (secondary N) is 2. The molecule has 6 nitrogen and oxygen atoms in total. The monoisotopic (exact) mass is 341 g/mol. The molecule has 3 rings (SSSR count). The highest BCUT2D eigenvalue weighted by atomic mass is 32.2. The molecule has 22 heavy (non-hydrogen) atoms. The Morgan fingerprint density at radius 1 is 1.32 bits per heavy atom. The first-order valence-electron chi connectivity index (χ1n) is 7.18. The summed E-state index contributed by atoms with van der Waals surface area (Å²) in [6.07, 6.45) is 1.86. The Kier molecular flexibility index (Phi) is 4.24. The van der Waals surface area contributed by atoms with Crippen LogP contribution >= 0.6 is 11.3 Å². The first kappa shape index (κ1) is 15.5. The Morgan fingerprint density at radius 2 is 2.05 bits per heavy atom. The van der Waals surface area contributed by atoms with Crippen molar-refractivity contribution in [1.82, 2.24) is 10.2 Å². The van der Waals surface area contributed by atoms with E-state index in [0.29, 0.717) is 16.6 Å². The van der Waals surface area contributed by atoms with Gasteiger partial charge in [-0.3, -0.25) is 9.82 Å². The van der Waals surface area contributed by atoms with Crippen LogP contribution in [0.15, 0.2) is 17.0 Å². The third kappa shape index (κ3) is 3.18. The summed E-state index contributed by atoms with van der Waals surface area (Å²) in [5.41, 5.74) is 0.958. The van der Waals surface area contributed by atoms with Gasteiger partial charge in [-0.05, 0) is 32.8 Å². The average Bonchev–Trinajstić information content (AvgIpc) is 3.06. The molecule has 8 heteroatoms. The zero-order chi connectivity index (χ0) is 15.7. The number of aryl methyl sites for hydroxylation is 2. The molecule has 0 unspecified atom stereocenters. The number of nitrogens with zero attached hydrogens (tertiary/aromatic N) is 1. The zero-order valence-electron chi connectivity index (χ0n) is 12.5. The van der Waals surface area contributed by atoms with Crippen LogP contribution in [0.25, 0.3) is 0 Å². The Labute approximate surface area is 133 Å². The van der Waals surface area contributed by atoms with Crippen molar-refractivity contribution in [2.45, 2.75) is 37.5 Å². The Hall–Kier alpha value is -1.38. The molecule has 120 valence electrons. The number of anilines is 1. The summed E-state index contributed by atoms with van der Waals surface area (Å²) in [6.45, 7) is 5.18. The fourth-order valence-corrected chi connectivity index (χ4v) is 5.22. The first-order chi connectivity index (χ1) is 10.5. The van der Waals surface area contributed by atoms with E-state index in [2.05, 4.69) is 14.9 Å². The van der Waals surface area contributed by atoms with Crippen molar-refractivity contribution < 1.29 is 13.2 Å². The Bertz CT molecular complexity index is 758. The maximum atomic E-state index is 12.4. The van der Waals surface area contributed by atoms with Crippen molar-refractivity contribution in [3.05, 3.63) is 27.6 Å². The average molecular weight is 341 g/mol. The fraction of sp³-hybridized carbons (Fsp3) is 0.500. The van der Waals surface area contributed by atoms with Gasteiger partial charge in [-0.15, -0.1) is 11.3 Å². The van der Waals surface area contributed by atoms with Gasteiger partial charge < -0.3 is 4.74 Å². The highest BCUT2D eigenvalue weighted by Gasteiger charge is 2.22. The molecule has 2 N–H and O–H groups in total. The van der Waals surface area contributed by atoms with E-state index in [1.54, 1.807) is 12.1 Å². The van der Waals surface area contributed by atoms with Gasteiger partial charge in [0.2, 0.25) is 0 Å². The predicted octanol–water partition coefficient (Wildman–Crippen LogP) is 2.78. The van der Waals surface area contributed by atoms with Crippen LogP contribution in [0, 0.1) is 13.8 Å². The number of ether oxygens (including phenoxy) is 1. The number of sulfonamides is 1. The van der Waals surface area contributed by atoms with Gasteiger partial charge in [-0.2, -0.15) is 5.10 Å². The highest BCUT2D eigenvalue weighted by Crippen LogP contribution is 2.29. The molecule has 1 fully saturated rings. The minimum atomic E-state index is -3.59. The van der Waals surface area contributed by atoms with Crippen LogP contribution in [0.4, 0.5) is 5.82 Å². The third-order valence-corrected chi connectivity index (χ3v) is 6.36. The van der Waals surface area contributed by atoms with Crippen LogP contribution in [0.5, 0.6) is 0 Å². The van der Waals surface area contributed by atoms with Crippen molar-refractivity contribution in [3.8, 4) is 0 Å². The summed E-state index contributed by atoms with van der Waals surface area (Å²) in [5.74, 6) is 0.689. The summed E-state index contributed by atoms with van der Waals surface area (Å²) in [6, 6.07) is 3.47. The maximum absolute atomic E-state index is 12.4. The van der Waals surface area contributed by atoms with Gasteiger partial charge in [-0.25, -0.2) is 8.42 Å². The predicted molar refractivity (Wildman–Crippen MR) is 86.0 cm³/mol. The molecule has 2 aromatic heterocycles. The number of aromatic nitrogens is 2. The molecule has 0 aliphatic carbocycles. The second-order valence-electron chi connectivity index (χ2n) is 5.48. The SMILES string of the molecule is Cc1cc(S(=O)(=O)Nc2cc(C3CCOCC3)[nH]n2)c(C)s1. The van der Waals surface area contributed by atoms with Gasteiger partial charge in [0, 0.05) is 40.6 Å². The smallest absolute Gasteiger partial charge is 0.264 e. The van der Waals surface area contributed by atoms with Crippen LogP contribution in [-0.4, -0.2) is 31.8 Å². The lowest BCUT2D eigenvalue weighted by Crippen LogP contribution is -2.14. The molecule has 1 aliphatic rings. The number of hydrogen-bond donors (Lipinski definition) is 2. The second kappa shape index (κ2) is 6.02. The van der Waals surface area contributed by atoms with Gasteiger partial charge in [0.05, 0.1) is 0 Å². The molecule has 0 spiro atoms. The van der Waals surface area contributed by atoms with E-state index < -0.39 is 10.0 Å². The Morgan fingerprint density at radius 3 is 2.68 bits per heavy atom. The third-order valence-electron chi connectivity index (χ3n) is 3.78. The quantitative estimate of drug-likeness (QED) is 0.895. The lowest BCUT2D eigenvalue weighted by Gasteiger charge is -2.20. The number of H-pyrrole nitrogens is 1. The van der Waals surface area contributed by atoms with Crippen LogP contribution in [-0.2, 0) is 14.8 Å². The summed E-state index contributed by atoms with van der Waals surface area (Å²) in [4.78, 5) is 2.08. The minimum absolute atomic E-state index is 0.325. The molecular weight excluding hydrogens is 322 g/mol. The first-order valence-corrected chi connectivity index (χ1v) is 9.48. The van der Waals surface area contributed by atoms with Gasteiger partial charge >= 0.3 is 0 Å². The normalized spacial score (nSPS) is 16.8. The molecule has 0 bridgehead atoms. The van der Waals surface area contributed by atoms with E-state index in [1.807, 2.05) is 13.8 Å². The van der Waals surface area contributed by atoms with Crippen LogP contribution in [0.1, 0.15) is 34.2 Å². The molecule has 0 aromatic carbocycles. The Balaban J connectivity index is 1.78. The van der Waals surface area contributed by atoms with Gasteiger partial charge in [0.15, 0.2) is 5.82 Å². The lowest BCUT2D eigenvalue weighted by atomic mass is 9.97. The summed E-state index contributed by atoms with van der Waals surface area (Å²) < 4.78 is 32.8. The standard InChI is InChI=1S/C14H19N3O3S2/c1-9-7-13(10(2)21-9)22(18,19)17-14-8-12(15-16-14)11-3-5-20-6-4-11/h7-8,11H,3-6H2,1-2H3,(H2,15,16,17).